The zero-order chi connectivity index (χ0) is 12.8. The fourth-order valence-corrected chi connectivity index (χ4v) is 1.09. The van der Waals surface area contributed by atoms with Crippen molar-refractivity contribution in [2.24, 2.45) is 0 Å². The minimum absolute atomic E-state index is 0.351. The lowest BCUT2D eigenvalue weighted by molar-refractivity contribution is -0.143. The van der Waals surface area contributed by atoms with E-state index in [-0.39, 0.29) is 6.54 Å². The Kier molecular flexibility index (Phi) is 4.35. The topological polar surface area (TPSA) is 122 Å². The van der Waals surface area contributed by atoms with E-state index in [0.717, 1.165) is 4.57 Å². The van der Waals surface area contributed by atoms with Crippen LogP contribution in [0.2, 0.25) is 0 Å². The maximum absolute atomic E-state index is 11.4. The smallest absolute Gasteiger partial charge is 0.347 e. The lowest BCUT2D eigenvalue weighted by atomic mass is 10.3. The van der Waals surface area contributed by atoms with Gasteiger partial charge in [-0.25, -0.2) is 14.6 Å². The van der Waals surface area contributed by atoms with Crippen LogP contribution in [0.1, 0.15) is 0 Å². The minimum atomic E-state index is -1.38. The van der Waals surface area contributed by atoms with Gasteiger partial charge in [0.1, 0.15) is 12.6 Å². The molecular weight excluding hydrogens is 230 g/mol. The number of nitrogens with one attached hydrogen (secondary N) is 1. The normalized spacial score (nSPS) is 11.8. The first kappa shape index (κ1) is 12.8. The van der Waals surface area contributed by atoms with Gasteiger partial charge >= 0.3 is 11.7 Å². The molecule has 0 aromatic carbocycles. The van der Waals surface area contributed by atoms with E-state index in [2.05, 4.69) is 10.3 Å². The third-order valence-corrected chi connectivity index (χ3v) is 1.91. The molecule has 0 aliphatic rings. The second-order valence-corrected chi connectivity index (χ2v) is 3.17. The van der Waals surface area contributed by atoms with E-state index in [9.17, 15) is 14.4 Å². The van der Waals surface area contributed by atoms with Crippen molar-refractivity contribution in [3.8, 4) is 0 Å². The first-order valence-electron chi connectivity index (χ1n) is 4.69. The third-order valence-electron chi connectivity index (χ3n) is 1.91. The molecule has 0 spiro atoms. The predicted molar refractivity (Wildman–Crippen MR) is 55.1 cm³/mol. The van der Waals surface area contributed by atoms with E-state index in [4.69, 9.17) is 10.2 Å². The molecule has 0 saturated heterocycles. The van der Waals surface area contributed by atoms with Gasteiger partial charge < -0.3 is 15.5 Å². The molecule has 8 heteroatoms. The average molecular weight is 241 g/mol. The van der Waals surface area contributed by atoms with Gasteiger partial charge in [0, 0.05) is 12.4 Å². The highest BCUT2D eigenvalue weighted by Crippen LogP contribution is 1.85. The molecule has 0 aliphatic carbocycles. The van der Waals surface area contributed by atoms with E-state index >= 15 is 0 Å². The number of aromatic nitrogens is 2. The lowest BCUT2D eigenvalue weighted by Crippen LogP contribution is -2.45. The summed E-state index contributed by atoms with van der Waals surface area (Å²) in [5.74, 6) is -2.04. The van der Waals surface area contributed by atoms with Crippen molar-refractivity contribution in [1.82, 2.24) is 14.9 Å². The van der Waals surface area contributed by atoms with Gasteiger partial charge in [-0.3, -0.25) is 9.36 Å². The molecule has 0 unspecified atom stereocenters. The zero-order valence-corrected chi connectivity index (χ0v) is 8.74. The largest absolute Gasteiger partial charge is 0.480 e. The number of carbonyl (C=O) groups is 2. The number of amides is 1. The molecule has 0 radical (unpaired) electrons. The molecule has 0 saturated carbocycles. The Balaban J connectivity index is 2.65. The van der Waals surface area contributed by atoms with Gasteiger partial charge in [-0.05, 0) is 6.07 Å². The summed E-state index contributed by atoms with van der Waals surface area (Å²) in [6.07, 6.45) is 2.63. The van der Waals surface area contributed by atoms with Crippen LogP contribution in [0, 0.1) is 0 Å². The Morgan fingerprint density at radius 1 is 1.53 bits per heavy atom. The molecule has 17 heavy (non-hydrogen) atoms. The maximum atomic E-state index is 11.4. The summed E-state index contributed by atoms with van der Waals surface area (Å²) in [7, 11) is 0. The summed E-state index contributed by atoms with van der Waals surface area (Å²) < 4.78 is 1.02. The van der Waals surface area contributed by atoms with Crippen molar-refractivity contribution in [2.75, 3.05) is 6.61 Å². The van der Waals surface area contributed by atoms with Crippen LogP contribution in [0.3, 0.4) is 0 Å². The van der Waals surface area contributed by atoms with Crippen LogP contribution in [0.25, 0.3) is 0 Å². The van der Waals surface area contributed by atoms with Crippen LogP contribution < -0.4 is 11.0 Å². The number of hydrogen-bond acceptors (Lipinski definition) is 5. The average Bonchev–Trinajstić information content (AvgIpc) is 2.28. The number of carboxylic acid groups (broad SMARTS) is 1. The van der Waals surface area contributed by atoms with Crippen LogP contribution in [-0.4, -0.2) is 44.3 Å². The molecule has 92 valence electrons. The number of aliphatic carboxylic acids is 1. The maximum Gasteiger partial charge on any atom is 0.347 e. The summed E-state index contributed by atoms with van der Waals surface area (Å²) in [4.78, 5) is 36.5. The Hall–Kier alpha value is -2.22. The Labute approximate surface area is 95.5 Å². The minimum Gasteiger partial charge on any atom is -0.480 e. The monoisotopic (exact) mass is 241 g/mol. The van der Waals surface area contributed by atoms with Crippen molar-refractivity contribution >= 4 is 11.9 Å². The predicted octanol–water partition coefficient (Wildman–Crippen LogP) is -2.19. The molecular formula is C9H11N3O5. The molecule has 0 aliphatic heterocycles. The van der Waals surface area contributed by atoms with E-state index in [1.165, 1.54) is 18.5 Å². The molecule has 1 aromatic heterocycles. The molecule has 1 amide bonds. The summed E-state index contributed by atoms with van der Waals surface area (Å²) in [6, 6.07) is 0.0879. The van der Waals surface area contributed by atoms with Crippen molar-refractivity contribution < 1.29 is 19.8 Å². The second kappa shape index (κ2) is 5.75. The van der Waals surface area contributed by atoms with Gasteiger partial charge in [0.25, 0.3) is 0 Å². The number of carbonyl (C=O) groups excluding carboxylic acids is 1. The van der Waals surface area contributed by atoms with Gasteiger partial charge in [0.15, 0.2) is 0 Å². The van der Waals surface area contributed by atoms with Crippen molar-refractivity contribution in [2.45, 2.75) is 12.6 Å². The number of aliphatic hydroxyl groups is 1. The van der Waals surface area contributed by atoms with Crippen molar-refractivity contribution in [1.29, 1.82) is 0 Å². The van der Waals surface area contributed by atoms with Gasteiger partial charge in [-0.1, -0.05) is 0 Å². The molecule has 0 bridgehead atoms. The number of hydrogen-bond donors (Lipinski definition) is 3. The second-order valence-electron chi connectivity index (χ2n) is 3.17. The summed E-state index contributed by atoms with van der Waals surface area (Å²) >= 11 is 0. The van der Waals surface area contributed by atoms with E-state index in [1.807, 2.05) is 0 Å². The van der Waals surface area contributed by atoms with Crippen molar-refractivity contribution in [3.05, 3.63) is 28.9 Å². The zero-order valence-electron chi connectivity index (χ0n) is 8.74. The highest BCUT2D eigenvalue weighted by Gasteiger charge is 2.18. The molecule has 1 heterocycles. The molecule has 8 nitrogen and oxygen atoms in total. The Morgan fingerprint density at radius 3 is 2.76 bits per heavy atom. The summed E-state index contributed by atoms with van der Waals surface area (Å²) in [5, 5.41) is 19.3. The quantitative estimate of drug-likeness (QED) is 0.538. The van der Waals surface area contributed by atoms with E-state index in [1.54, 1.807) is 0 Å². The Morgan fingerprint density at radius 2 is 2.24 bits per heavy atom. The number of carboxylic acids is 1. The van der Waals surface area contributed by atoms with Crippen LogP contribution in [0.4, 0.5) is 0 Å². The van der Waals surface area contributed by atoms with Crippen molar-refractivity contribution in [3.63, 3.8) is 0 Å². The Bertz CT molecular complexity index is 470. The van der Waals surface area contributed by atoms with Crippen LogP contribution in [0.5, 0.6) is 0 Å². The first-order valence-corrected chi connectivity index (χ1v) is 4.69. The molecule has 1 atom stereocenters. The SMILES string of the molecule is O=C(Cn1cccnc1=O)N[C@H](CO)C(=O)O. The number of nitrogens with zero attached hydrogens (tertiary/aromatic N) is 2. The van der Waals surface area contributed by atoms with Gasteiger partial charge in [-0.2, -0.15) is 0 Å². The molecule has 1 rings (SSSR count). The van der Waals surface area contributed by atoms with Crippen LogP contribution in [-0.2, 0) is 16.1 Å². The lowest BCUT2D eigenvalue weighted by Gasteiger charge is -2.11. The number of rotatable bonds is 5. The summed E-state index contributed by atoms with van der Waals surface area (Å²) in [6.45, 7) is -1.07. The van der Waals surface area contributed by atoms with Gasteiger partial charge in [0.2, 0.25) is 5.91 Å². The summed E-state index contributed by atoms with van der Waals surface area (Å²) in [5.41, 5.74) is -0.612. The molecule has 1 aromatic rings. The fourth-order valence-electron chi connectivity index (χ4n) is 1.09. The molecule has 0 fully saturated rings. The van der Waals surface area contributed by atoms with Gasteiger partial charge in [-0.15, -0.1) is 0 Å². The third kappa shape index (κ3) is 3.68. The highest BCUT2D eigenvalue weighted by atomic mass is 16.4. The fraction of sp³-hybridized carbons (Fsp3) is 0.333. The van der Waals surface area contributed by atoms with Crippen LogP contribution in [0.15, 0.2) is 23.3 Å². The molecule has 3 N–H and O–H groups in total. The van der Waals surface area contributed by atoms with Gasteiger partial charge in [0.05, 0.1) is 6.61 Å². The van der Waals surface area contributed by atoms with Crippen LogP contribution >= 0.6 is 0 Å². The first-order chi connectivity index (χ1) is 8.04. The van der Waals surface area contributed by atoms with E-state index in [0.29, 0.717) is 0 Å². The highest BCUT2D eigenvalue weighted by molar-refractivity contribution is 5.83. The standard InChI is InChI=1S/C9H11N3O5/c13-5-6(8(15)16)11-7(14)4-12-3-1-2-10-9(12)17/h1-3,6,13H,4-5H2,(H,11,14)(H,15,16)/t6-/m1/s1. The number of aliphatic hydroxyl groups excluding tert-OH is 1. The van der Waals surface area contributed by atoms with E-state index < -0.39 is 30.2 Å².